The number of anilines is 1. The smallest absolute Gasteiger partial charge is 0.149 e. The normalized spacial score (nSPS) is 12.4. The highest BCUT2D eigenvalue weighted by atomic mass is 19.1. The molecule has 5 nitrogen and oxygen atoms in total. The van der Waals surface area contributed by atoms with E-state index in [-0.39, 0.29) is 19.0 Å². The molecule has 1 heterocycles. The van der Waals surface area contributed by atoms with Crippen molar-refractivity contribution in [1.29, 1.82) is 0 Å². The lowest BCUT2D eigenvalue weighted by molar-refractivity contribution is 0.105. The van der Waals surface area contributed by atoms with Crippen LogP contribution in [0.1, 0.15) is 5.82 Å². The lowest BCUT2D eigenvalue weighted by Crippen LogP contribution is -2.23. The largest absolute Gasteiger partial charge is 0.394 e. The van der Waals surface area contributed by atoms with Crippen molar-refractivity contribution in [3.8, 4) is 5.69 Å². The number of hydrogen-bond acceptors (Lipinski definition) is 4. The first-order chi connectivity index (χ1) is 9.11. The fraction of sp³-hybridized carbons (Fsp3) is 0.308. The molecule has 0 fully saturated rings. The summed E-state index contributed by atoms with van der Waals surface area (Å²) in [4.78, 5) is 4.05. The minimum atomic E-state index is -0.862. The molecule has 0 saturated heterocycles. The highest BCUT2D eigenvalue weighted by Gasteiger charge is 2.08. The summed E-state index contributed by atoms with van der Waals surface area (Å²) in [5.74, 6) is 0.319. The molecule has 2 aromatic rings. The number of aliphatic hydroxyl groups is 2. The SMILES string of the molecule is Cc1nccn1-c1ccc(NCC(O)CO)cc1F. The van der Waals surface area contributed by atoms with E-state index in [1.807, 2.05) is 0 Å². The molecule has 1 unspecified atom stereocenters. The summed E-state index contributed by atoms with van der Waals surface area (Å²) in [6.45, 7) is 1.63. The van der Waals surface area contributed by atoms with Gasteiger partial charge in [-0.1, -0.05) is 0 Å². The summed E-state index contributed by atoms with van der Waals surface area (Å²) in [5, 5.41) is 20.8. The maximum Gasteiger partial charge on any atom is 0.149 e. The Labute approximate surface area is 110 Å². The quantitative estimate of drug-likeness (QED) is 0.756. The highest BCUT2D eigenvalue weighted by molar-refractivity contribution is 5.50. The van der Waals surface area contributed by atoms with Gasteiger partial charge in [-0.05, 0) is 25.1 Å². The van der Waals surface area contributed by atoms with Crippen LogP contribution < -0.4 is 5.32 Å². The molecule has 1 atom stereocenters. The van der Waals surface area contributed by atoms with E-state index in [2.05, 4.69) is 10.3 Å². The van der Waals surface area contributed by atoms with Gasteiger partial charge in [0.2, 0.25) is 0 Å². The van der Waals surface area contributed by atoms with Crippen LogP contribution >= 0.6 is 0 Å². The second kappa shape index (κ2) is 5.81. The zero-order valence-corrected chi connectivity index (χ0v) is 10.5. The predicted molar refractivity (Wildman–Crippen MR) is 69.8 cm³/mol. The van der Waals surface area contributed by atoms with Gasteiger partial charge in [-0.15, -0.1) is 0 Å². The number of halogens is 1. The van der Waals surface area contributed by atoms with E-state index in [0.717, 1.165) is 0 Å². The molecule has 0 saturated carbocycles. The molecule has 0 aliphatic rings. The molecule has 0 aliphatic heterocycles. The van der Waals surface area contributed by atoms with Gasteiger partial charge in [0.15, 0.2) is 0 Å². The van der Waals surface area contributed by atoms with Gasteiger partial charge < -0.3 is 20.1 Å². The third-order valence-corrected chi connectivity index (χ3v) is 2.79. The average Bonchev–Trinajstić information content (AvgIpc) is 2.82. The number of aromatic nitrogens is 2. The third kappa shape index (κ3) is 3.10. The molecule has 1 aromatic heterocycles. The average molecular weight is 265 g/mol. The first-order valence-corrected chi connectivity index (χ1v) is 5.94. The van der Waals surface area contributed by atoms with Crippen LogP contribution in [-0.4, -0.2) is 39.0 Å². The molecule has 1 aromatic carbocycles. The Morgan fingerprint density at radius 2 is 2.26 bits per heavy atom. The maximum atomic E-state index is 14.0. The predicted octanol–water partition coefficient (Wildman–Crippen LogP) is 1.08. The van der Waals surface area contributed by atoms with Crippen LogP contribution in [0.25, 0.3) is 5.69 Å². The second-order valence-electron chi connectivity index (χ2n) is 4.23. The van der Waals surface area contributed by atoms with E-state index in [1.165, 1.54) is 6.07 Å². The van der Waals surface area contributed by atoms with E-state index in [4.69, 9.17) is 5.11 Å². The van der Waals surface area contributed by atoms with Crippen molar-refractivity contribution >= 4 is 5.69 Å². The minimum Gasteiger partial charge on any atom is -0.394 e. The van der Waals surface area contributed by atoms with E-state index in [9.17, 15) is 9.50 Å². The summed E-state index contributed by atoms with van der Waals surface area (Å²) in [6, 6.07) is 4.69. The van der Waals surface area contributed by atoms with Crippen LogP contribution in [-0.2, 0) is 0 Å². The number of aliphatic hydroxyl groups excluding tert-OH is 2. The van der Waals surface area contributed by atoms with Crippen molar-refractivity contribution in [2.24, 2.45) is 0 Å². The lowest BCUT2D eigenvalue weighted by Gasteiger charge is -2.12. The Balaban J connectivity index is 2.16. The van der Waals surface area contributed by atoms with Gasteiger partial charge >= 0.3 is 0 Å². The molecule has 19 heavy (non-hydrogen) atoms. The van der Waals surface area contributed by atoms with Crippen molar-refractivity contribution in [2.75, 3.05) is 18.5 Å². The standard InChI is InChI=1S/C13H16FN3O2/c1-9-15-4-5-17(9)13-3-2-10(6-12(13)14)16-7-11(19)8-18/h2-6,11,16,18-19H,7-8H2,1H3. The van der Waals surface area contributed by atoms with Crippen LogP contribution in [0, 0.1) is 12.7 Å². The van der Waals surface area contributed by atoms with E-state index >= 15 is 0 Å². The summed E-state index contributed by atoms with van der Waals surface area (Å²) < 4.78 is 15.7. The minimum absolute atomic E-state index is 0.166. The number of aryl methyl sites for hydroxylation is 1. The zero-order chi connectivity index (χ0) is 13.8. The zero-order valence-electron chi connectivity index (χ0n) is 10.5. The molecule has 0 bridgehead atoms. The molecule has 0 radical (unpaired) electrons. The fourth-order valence-electron chi connectivity index (χ4n) is 1.75. The van der Waals surface area contributed by atoms with Crippen LogP contribution in [0.15, 0.2) is 30.6 Å². The van der Waals surface area contributed by atoms with Crippen molar-refractivity contribution < 1.29 is 14.6 Å². The Morgan fingerprint density at radius 1 is 1.47 bits per heavy atom. The molecule has 0 spiro atoms. The monoisotopic (exact) mass is 265 g/mol. The summed E-state index contributed by atoms with van der Waals surface area (Å²) >= 11 is 0. The molecule has 6 heteroatoms. The van der Waals surface area contributed by atoms with Gasteiger partial charge in [0.05, 0.1) is 18.4 Å². The second-order valence-corrected chi connectivity index (χ2v) is 4.23. The Morgan fingerprint density at radius 3 is 2.84 bits per heavy atom. The van der Waals surface area contributed by atoms with Crippen molar-refractivity contribution in [3.63, 3.8) is 0 Å². The van der Waals surface area contributed by atoms with Gasteiger partial charge in [-0.25, -0.2) is 9.37 Å². The number of nitrogens with zero attached hydrogens (tertiary/aromatic N) is 2. The van der Waals surface area contributed by atoms with Gasteiger partial charge in [-0.3, -0.25) is 0 Å². The van der Waals surface area contributed by atoms with Crippen molar-refractivity contribution in [2.45, 2.75) is 13.0 Å². The highest BCUT2D eigenvalue weighted by Crippen LogP contribution is 2.19. The fourth-order valence-corrected chi connectivity index (χ4v) is 1.75. The Hall–Kier alpha value is -1.92. The summed E-state index contributed by atoms with van der Waals surface area (Å²) in [5.41, 5.74) is 0.967. The molecular formula is C13H16FN3O2. The van der Waals surface area contributed by atoms with E-state index < -0.39 is 6.10 Å². The van der Waals surface area contributed by atoms with Crippen molar-refractivity contribution in [3.05, 3.63) is 42.2 Å². The molecular weight excluding hydrogens is 249 g/mol. The molecule has 102 valence electrons. The number of rotatable bonds is 5. The Bertz CT molecular complexity index is 557. The van der Waals surface area contributed by atoms with Crippen LogP contribution in [0.5, 0.6) is 0 Å². The summed E-state index contributed by atoms with van der Waals surface area (Å²) in [7, 11) is 0. The first kappa shape index (κ1) is 13.5. The molecule has 2 rings (SSSR count). The van der Waals surface area contributed by atoms with Gasteiger partial charge in [0.1, 0.15) is 11.6 Å². The van der Waals surface area contributed by atoms with Gasteiger partial charge in [0.25, 0.3) is 0 Å². The van der Waals surface area contributed by atoms with E-state index in [0.29, 0.717) is 17.2 Å². The summed E-state index contributed by atoms with van der Waals surface area (Å²) in [6.07, 6.45) is 2.44. The maximum absolute atomic E-state index is 14.0. The van der Waals surface area contributed by atoms with Crippen LogP contribution in [0.4, 0.5) is 10.1 Å². The molecule has 0 aliphatic carbocycles. The van der Waals surface area contributed by atoms with Crippen molar-refractivity contribution in [1.82, 2.24) is 9.55 Å². The number of benzene rings is 1. The Kier molecular flexibility index (Phi) is 4.13. The van der Waals surface area contributed by atoms with Gasteiger partial charge in [0, 0.05) is 24.6 Å². The van der Waals surface area contributed by atoms with Crippen LogP contribution in [0.2, 0.25) is 0 Å². The number of imidazole rings is 1. The number of hydrogen-bond donors (Lipinski definition) is 3. The molecule has 3 N–H and O–H groups in total. The van der Waals surface area contributed by atoms with E-state index in [1.54, 1.807) is 36.0 Å². The van der Waals surface area contributed by atoms with Crippen LogP contribution in [0.3, 0.4) is 0 Å². The topological polar surface area (TPSA) is 70.3 Å². The molecule has 0 amide bonds. The van der Waals surface area contributed by atoms with Gasteiger partial charge in [-0.2, -0.15) is 0 Å². The third-order valence-electron chi connectivity index (χ3n) is 2.79. The lowest BCUT2D eigenvalue weighted by atomic mass is 10.2. The number of nitrogens with one attached hydrogen (secondary N) is 1. The first-order valence-electron chi connectivity index (χ1n) is 5.94.